The summed E-state index contributed by atoms with van der Waals surface area (Å²) in [5, 5.41) is 19.8. The lowest BCUT2D eigenvalue weighted by atomic mass is 9.79. The zero-order valence-electron chi connectivity index (χ0n) is 16.9. The van der Waals surface area contributed by atoms with Crippen LogP contribution in [0.2, 0.25) is 5.02 Å². The van der Waals surface area contributed by atoms with Crippen molar-refractivity contribution in [2.75, 3.05) is 13.1 Å². The molecule has 162 valence electrons. The zero-order valence-corrected chi connectivity index (χ0v) is 19.2. The van der Waals surface area contributed by atoms with Crippen molar-refractivity contribution in [1.82, 2.24) is 4.90 Å². The highest BCUT2D eigenvalue weighted by atomic mass is 79.9. The lowest BCUT2D eigenvalue weighted by Gasteiger charge is -2.47. The molecule has 1 N–H and O–H groups in total. The molecule has 0 aromatic heterocycles. The molecule has 1 aliphatic rings. The fraction of sp³-hybridized carbons (Fsp3) is 0.200. The van der Waals surface area contributed by atoms with Gasteiger partial charge in [0.25, 0.3) is 0 Å². The summed E-state index contributed by atoms with van der Waals surface area (Å²) in [4.78, 5) is 14.3. The number of aliphatic carboxylic acids is 1. The van der Waals surface area contributed by atoms with E-state index in [1.54, 1.807) is 12.1 Å². The SMILES string of the molecule is N#Cc1cccc(C(c2ccc(Cl)cc2)N2CC([C@H](C(=O)O)c3cc(F)cc(Br)c3)C2)c1. The molecule has 3 aromatic rings. The third-order valence-corrected chi connectivity index (χ3v) is 6.51. The number of benzene rings is 3. The molecule has 7 heteroatoms. The van der Waals surface area contributed by atoms with Gasteiger partial charge in [-0.25, -0.2) is 4.39 Å². The molecular weight excluding hydrogens is 495 g/mol. The van der Waals surface area contributed by atoms with Gasteiger partial charge in [-0.2, -0.15) is 5.26 Å². The molecule has 1 heterocycles. The summed E-state index contributed by atoms with van der Waals surface area (Å²) < 4.78 is 14.4. The predicted octanol–water partition coefficient (Wildman–Crippen LogP) is 6.00. The molecule has 0 saturated carbocycles. The molecule has 4 nitrogen and oxygen atoms in total. The topological polar surface area (TPSA) is 64.3 Å². The van der Waals surface area contributed by atoms with Crippen LogP contribution in [0.3, 0.4) is 0 Å². The van der Waals surface area contributed by atoms with Gasteiger partial charge in [0.1, 0.15) is 5.82 Å². The number of nitriles is 1. The van der Waals surface area contributed by atoms with E-state index in [2.05, 4.69) is 26.9 Å². The first-order valence-corrected chi connectivity index (χ1v) is 11.2. The molecule has 0 radical (unpaired) electrons. The van der Waals surface area contributed by atoms with Gasteiger partial charge in [0.2, 0.25) is 0 Å². The summed E-state index contributed by atoms with van der Waals surface area (Å²) in [6, 6.07) is 21.2. The van der Waals surface area contributed by atoms with Gasteiger partial charge in [-0.05, 0) is 59.2 Å². The predicted molar refractivity (Wildman–Crippen MR) is 124 cm³/mol. The van der Waals surface area contributed by atoms with Crippen molar-refractivity contribution in [2.45, 2.75) is 12.0 Å². The minimum absolute atomic E-state index is 0.148. The number of carboxylic acid groups (broad SMARTS) is 1. The lowest BCUT2D eigenvalue weighted by molar-refractivity contribution is -0.142. The fourth-order valence-electron chi connectivity index (χ4n) is 4.38. The van der Waals surface area contributed by atoms with E-state index in [4.69, 9.17) is 11.6 Å². The van der Waals surface area contributed by atoms with E-state index in [0.29, 0.717) is 33.7 Å². The highest BCUT2D eigenvalue weighted by Gasteiger charge is 2.42. The second kappa shape index (κ2) is 9.41. The second-order valence-electron chi connectivity index (χ2n) is 7.92. The third-order valence-electron chi connectivity index (χ3n) is 5.80. The minimum Gasteiger partial charge on any atom is -0.481 e. The van der Waals surface area contributed by atoms with Gasteiger partial charge >= 0.3 is 5.97 Å². The molecule has 4 rings (SSSR count). The zero-order chi connectivity index (χ0) is 22.8. The maximum atomic E-state index is 13.9. The van der Waals surface area contributed by atoms with Gasteiger partial charge in [0.15, 0.2) is 0 Å². The molecule has 0 amide bonds. The number of carboxylic acids is 1. The average Bonchev–Trinajstić information content (AvgIpc) is 2.72. The first kappa shape index (κ1) is 22.5. The number of hydrogen-bond donors (Lipinski definition) is 1. The van der Waals surface area contributed by atoms with E-state index in [-0.39, 0.29) is 12.0 Å². The molecule has 1 unspecified atom stereocenters. The Balaban J connectivity index is 1.63. The number of nitrogens with zero attached hydrogens (tertiary/aromatic N) is 2. The molecular formula is C25H19BrClFN2O2. The van der Waals surface area contributed by atoms with Crippen LogP contribution in [-0.2, 0) is 4.79 Å². The molecule has 1 aliphatic heterocycles. The van der Waals surface area contributed by atoms with E-state index in [0.717, 1.165) is 11.1 Å². The van der Waals surface area contributed by atoms with Gasteiger partial charge in [-0.1, -0.05) is 51.8 Å². The van der Waals surface area contributed by atoms with Crippen LogP contribution in [0.15, 0.2) is 71.2 Å². The smallest absolute Gasteiger partial charge is 0.311 e. The summed E-state index contributed by atoms with van der Waals surface area (Å²) in [6.07, 6.45) is 0. The monoisotopic (exact) mass is 512 g/mol. The first-order valence-electron chi connectivity index (χ1n) is 10.0. The number of likely N-dealkylation sites (tertiary alicyclic amines) is 1. The van der Waals surface area contributed by atoms with Crippen LogP contribution in [0.4, 0.5) is 4.39 Å². The number of carbonyl (C=O) groups is 1. The Morgan fingerprint density at radius 2 is 1.81 bits per heavy atom. The molecule has 2 atom stereocenters. The highest BCUT2D eigenvalue weighted by Crippen LogP contribution is 2.40. The first-order chi connectivity index (χ1) is 15.4. The molecule has 0 spiro atoms. The van der Waals surface area contributed by atoms with Crippen LogP contribution in [0.5, 0.6) is 0 Å². The van der Waals surface area contributed by atoms with Crippen LogP contribution >= 0.6 is 27.5 Å². The van der Waals surface area contributed by atoms with E-state index >= 15 is 0 Å². The van der Waals surface area contributed by atoms with Crippen LogP contribution < -0.4 is 0 Å². The van der Waals surface area contributed by atoms with E-state index in [9.17, 15) is 19.6 Å². The van der Waals surface area contributed by atoms with Crippen LogP contribution in [0, 0.1) is 23.1 Å². The molecule has 0 aliphatic carbocycles. The summed E-state index contributed by atoms with van der Waals surface area (Å²) in [6.45, 7) is 1.05. The van der Waals surface area contributed by atoms with Crippen molar-refractivity contribution >= 4 is 33.5 Å². The van der Waals surface area contributed by atoms with Crippen LogP contribution in [0.1, 0.15) is 34.2 Å². The van der Waals surface area contributed by atoms with Crippen LogP contribution in [0.25, 0.3) is 0 Å². The number of halogens is 3. The van der Waals surface area contributed by atoms with Gasteiger partial charge < -0.3 is 5.11 Å². The fourth-order valence-corrected chi connectivity index (χ4v) is 4.99. The Labute approximate surface area is 199 Å². The van der Waals surface area contributed by atoms with Gasteiger partial charge in [0.05, 0.1) is 23.6 Å². The van der Waals surface area contributed by atoms with Crippen molar-refractivity contribution in [3.05, 3.63) is 104 Å². The number of rotatable bonds is 6. The summed E-state index contributed by atoms with van der Waals surface area (Å²) in [5.41, 5.74) is 2.96. The third kappa shape index (κ3) is 4.71. The van der Waals surface area contributed by atoms with Crippen molar-refractivity contribution in [1.29, 1.82) is 5.26 Å². The Morgan fingerprint density at radius 3 is 2.44 bits per heavy atom. The van der Waals surface area contributed by atoms with Crippen molar-refractivity contribution in [2.24, 2.45) is 5.92 Å². The molecule has 1 fully saturated rings. The van der Waals surface area contributed by atoms with E-state index in [1.165, 1.54) is 12.1 Å². The Morgan fingerprint density at radius 1 is 1.09 bits per heavy atom. The Hall–Kier alpha value is -2.72. The maximum absolute atomic E-state index is 13.9. The molecule has 32 heavy (non-hydrogen) atoms. The van der Waals surface area contributed by atoms with Crippen LogP contribution in [-0.4, -0.2) is 29.1 Å². The molecule has 0 bridgehead atoms. The van der Waals surface area contributed by atoms with Crippen molar-refractivity contribution < 1.29 is 14.3 Å². The quantitative estimate of drug-likeness (QED) is 0.439. The van der Waals surface area contributed by atoms with Crippen molar-refractivity contribution in [3.63, 3.8) is 0 Å². The Bertz CT molecular complexity index is 1170. The number of hydrogen-bond acceptors (Lipinski definition) is 3. The lowest BCUT2D eigenvalue weighted by Crippen LogP contribution is -2.52. The summed E-state index contributed by atoms with van der Waals surface area (Å²) in [7, 11) is 0. The van der Waals surface area contributed by atoms with Gasteiger partial charge in [-0.15, -0.1) is 0 Å². The van der Waals surface area contributed by atoms with E-state index < -0.39 is 17.7 Å². The maximum Gasteiger partial charge on any atom is 0.311 e. The molecule has 1 saturated heterocycles. The Kier molecular flexibility index (Phi) is 6.61. The standard InChI is InChI=1S/C25H19BrClFN2O2/c26-20-9-18(10-22(28)11-20)23(25(31)32)19-13-30(14-19)24(16-4-6-21(27)7-5-16)17-3-1-2-15(8-17)12-29/h1-11,19,23-24H,13-14H2,(H,31,32)/t23-,24?/m1/s1. The minimum atomic E-state index is -0.971. The van der Waals surface area contributed by atoms with E-state index in [1.807, 2.05) is 42.5 Å². The summed E-state index contributed by atoms with van der Waals surface area (Å²) in [5.74, 6) is -2.42. The largest absolute Gasteiger partial charge is 0.481 e. The van der Waals surface area contributed by atoms with Gasteiger partial charge in [0, 0.05) is 28.5 Å². The normalized spacial score (nSPS) is 16.1. The van der Waals surface area contributed by atoms with Gasteiger partial charge in [-0.3, -0.25) is 9.69 Å². The summed E-state index contributed by atoms with van der Waals surface area (Å²) >= 11 is 9.33. The average molecular weight is 514 g/mol. The molecule has 3 aromatic carbocycles. The second-order valence-corrected chi connectivity index (χ2v) is 9.28. The van der Waals surface area contributed by atoms with Crippen molar-refractivity contribution in [3.8, 4) is 6.07 Å². The highest BCUT2D eigenvalue weighted by molar-refractivity contribution is 9.10.